The van der Waals surface area contributed by atoms with Gasteiger partial charge >= 0.3 is 0 Å². The lowest BCUT2D eigenvalue weighted by Gasteiger charge is -2.29. The molecule has 1 saturated heterocycles. The molecule has 0 unspecified atom stereocenters. The summed E-state index contributed by atoms with van der Waals surface area (Å²) in [5.74, 6) is -0.898. The number of thiocarbonyl (C=S) groups is 1. The molecule has 0 saturated carbocycles. The van der Waals surface area contributed by atoms with Crippen molar-refractivity contribution < 1.29 is 9.59 Å². The minimum Gasteiger partial charge on any atom is -0.348 e. The summed E-state index contributed by atoms with van der Waals surface area (Å²) < 4.78 is 1.92. The molecule has 2 amide bonds. The van der Waals surface area contributed by atoms with Crippen LogP contribution in [0.2, 0.25) is 0 Å². The highest BCUT2D eigenvalue weighted by Gasteiger charge is 2.34. The highest BCUT2D eigenvalue weighted by molar-refractivity contribution is 7.80. The highest BCUT2D eigenvalue weighted by Crippen LogP contribution is 2.24. The molecule has 25 heavy (non-hydrogen) atoms. The number of aryl methyl sites for hydroxylation is 3. The topological polar surface area (TPSA) is 54.3 Å². The molecule has 1 aromatic heterocycles. The van der Waals surface area contributed by atoms with Gasteiger partial charge in [-0.05, 0) is 74.5 Å². The van der Waals surface area contributed by atoms with Crippen LogP contribution >= 0.6 is 12.2 Å². The first-order chi connectivity index (χ1) is 11.8. The second kappa shape index (κ2) is 6.29. The second-order valence-electron chi connectivity index (χ2n) is 6.19. The van der Waals surface area contributed by atoms with Crippen molar-refractivity contribution in [1.29, 1.82) is 0 Å². The maximum atomic E-state index is 13.0. The predicted molar refractivity (Wildman–Crippen MR) is 102 cm³/mol. The van der Waals surface area contributed by atoms with Gasteiger partial charge in [-0.3, -0.25) is 19.8 Å². The van der Waals surface area contributed by atoms with E-state index in [2.05, 4.69) is 5.32 Å². The SMILES string of the molecule is Cc1ccc(N2C(=O)/C(=C/c3ccc(C)n3C)C(=O)NC2=S)cc1C. The van der Waals surface area contributed by atoms with E-state index < -0.39 is 11.8 Å². The molecular formula is C19H19N3O2S. The fourth-order valence-electron chi connectivity index (χ4n) is 2.68. The molecule has 3 rings (SSSR count). The van der Waals surface area contributed by atoms with Crippen molar-refractivity contribution in [3.63, 3.8) is 0 Å². The smallest absolute Gasteiger partial charge is 0.270 e. The monoisotopic (exact) mass is 353 g/mol. The van der Waals surface area contributed by atoms with Crippen LogP contribution in [0.15, 0.2) is 35.9 Å². The Morgan fingerprint density at radius 2 is 1.76 bits per heavy atom. The minimum atomic E-state index is -0.478. The normalized spacial score (nSPS) is 16.6. The standard InChI is InChI=1S/C19H19N3O2S/c1-11-5-7-15(9-12(11)2)22-18(24)16(17(23)20-19(22)25)10-14-8-6-13(3)21(14)4/h5-10H,1-4H3,(H,20,23,25)/b16-10+. The Hall–Kier alpha value is -2.73. The zero-order chi connectivity index (χ0) is 18.3. The number of anilines is 1. The molecule has 1 aliphatic rings. The summed E-state index contributed by atoms with van der Waals surface area (Å²) in [5.41, 5.74) is 4.70. The summed E-state index contributed by atoms with van der Waals surface area (Å²) in [4.78, 5) is 26.6. The molecule has 128 valence electrons. The molecule has 0 spiro atoms. The summed E-state index contributed by atoms with van der Waals surface area (Å²) >= 11 is 5.23. The molecular weight excluding hydrogens is 334 g/mol. The van der Waals surface area contributed by atoms with Crippen molar-refractivity contribution in [1.82, 2.24) is 9.88 Å². The Balaban J connectivity index is 2.05. The fraction of sp³-hybridized carbons (Fsp3) is 0.211. The van der Waals surface area contributed by atoms with Crippen molar-refractivity contribution >= 4 is 40.9 Å². The predicted octanol–water partition coefficient (Wildman–Crippen LogP) is 2.78. The number of carbonyl (C=O) groups is 2. The molecule has 0 aliphatic carbocycles. The first-order valence-corrected chi connectivity index (χ1v) is 8.31. The Labute approximate surface area is 151 Å². The van der Waals surface area contributed by atoms with E-state index in [4.69, 9.17) is 12.2 Å². The van der Waals surface area contributed by atoms with Crippen molar-refractivity contribution in [2.75, 3.05) is 4.90 Å². The summed E-state index contributed by atoms with van der Waals surface area (Å²) in [6, 6.07) is 9.45. The van der Waals surface area contributed by atoms with E-state index in [9.17, 15) is 9.59 Å². The van der Waals surface area contributed by atoms with E-state index in [0.29, 0.717) is 5.69 Å². The third kappa shape index (κ3) is 3.00. The highest BCUT2D eigenvalue weighted by atomic mass is 32.1. The lowest BCUT2D eigenvalue weighted by Crippen LogP contribution is -2.54. The van der Waals surface area contributed by atoms with Crippen molar-refractivity contribution in [2.45, 2.75) is 20.8 Å². The van der Waals surface area contributed by atoms with Crippen LogP contribution in [0.5, 0.6) is 0 Å². The summed E-state index contributed by atoms with van der Waals surface area (Å²) in [7, 11) is 1.89. The number of nitrogens with zero attached hydrogens (tertiary/aromatic N) is 2. The van der Waals surface area contributed by atoms with Gasteiger partial charge in [0.25, 0.3) is 11.8 Å². The van der Waals surface area contributed by atoms with Gasteiger partial charge < -0.3 is 4.57 Å². The minimum absolute atomic E-state index is 0.0630. The summed E-state index contributed by atoms with van der Waals surface area (Å²) in [5, 5.41) is 2.70. The van der Waals surface area contributed by atoms with Crippen LogP contribution in [0, 0.1) is 20.8 Å². The molecule has 1 aliphatic heterocycles. The third-order valence-corrected chi connectivity index (χ3v) is 4.84. The first kappa shape index (κ1) is 17.1. The molecule has 1 N–H and O–H groups in total. The van der Waals surface area contributed by atoms with Gasteiger partial charge in [0.2, 0.25) is 0 Å². The van der Waals surface area contributed by atoms with Gasteiger partial charge in [-0.15, -0.1) is 0 Å². The van der Waals surface area contributed by atoms with Crippen LogP contribution in [-0.4, -0.2) is 21.5 Å². The van der Waals surface area contributed by atoms with Crippen molar-refractivity contribution in [3.8, 4) is 0 Å². The number of hydrogen-bond donors (Lipinski definition) is 1. The quantitative estimate of drug-likeness (QED) is 0.513. The molecule has 0 radical (unpaired) electrons. The van der Waals surface area contributed by atoms with E-state index in [1.807, 2.05) is 62.7 Å². The number of amides is 2. The van der Waals surface area contributed by atoms with Gasteiger partial charge in [-0.2, -0.15) is 0 Å². The second-order valence-corrected chi connectivity index (χ2v) is 6.57. The van der Waals surface area contributed by atoms with Crippen LogP contribution in [-0.2, 0) is 16.6 Å². The lowest BCUT2D eigenvalue weighted by atomic mass is 10.1. The van der Waals surface area contributed by atoms with Gasteiger partial charge in [0.1, 0.15) is 5.57 Å². The van der Waals surface area contributed by atoms with Gasteiger partial charge in [0.15, 0.2) is 5.11 Å². The van der Waals surface area contributed by atoms with Crippen LogP contribution < -0.4 is 10.2 Å². The molecule has 6 heteroatoms. The van der Waals surface area contributed by atoms with Crippen LogP contribution in [0.1, 0.15) is 22.5 Å². The number of hydrogen-bond acceptors (Lipinski definition) is 3. The Morgan fingerprint density at radius 1 is 1.04 bits per heavy atom. The molecule has 1 aromatic carbocycles. The van der Waals surface area contributed by atoms with Gasteiger partial charge in [0.05, 0.1) is 5.69 Å². The molecule has 5 nitrogen and oxygen atoms in total. The maximum Gasteiger partial charge on any atom is 0.270 e. The fourth-order valence-corrected chi connectivity index (χ4v) is 2.96. The van der Waals surface area contributed by atoms with Gasteiger partial charge in [-0.1, -0.05) is 6.07 Å². The van der Waals surface area contributed by atoms with E-state index in [1.165, 1.54) is 4.90 Å². The van der Waals surface area contributed by atoms with Crippen LogP contribution in [0.4, 0.5) is 5.69 Å². The number of benzene rings is 1. The van der Waals surface area contributed by atoms with Crippen molar-refractivity contribution in [2.24, 2.45) is 7.05 Å². The average molecular weight is 353 g/mol. The Morgan fingerprint density at radius 3 is 2.36 bits per heavy atom. The van der Waals surface area contributed by atoms with Crippen LogP contribution in [0.25, 0.3) is 6.08 Å². The molecule has 0 atom stereocenters. The largest absolute Gasteiger partial charge is 0.348 e. The van der Waals surface area contributed by atoms with E-state index in [0.717, 1.165) is 22.5 Å². The van der Waals surface area contributed by atoms with Gasteiger partial charge in [-0.25, -0.2) is 0 Å². The average Bonchev–Trinajstić information content (AvgIpc) is 2.86. The van der Waals surface area contributed by atoms with Crippen molar-refractivity contribution in [3.05, 3.63) is 58.4 Å². The number of carbonyl (C=O) groups excluding carboxylic acids is 2. The zero-order valence-electron chi connectivity index (χ0n) is 14.6. The van der Waals surface area contributed by atoms with Crippen LogP contribution in [0.3, 0.4) is 0 Å². The maximum absolute atomic E-state index is 13.0. The first-order valence-electron chi connectivity index (χ1n) is 7.90. The molecule has 1 fully saturated rings. The molecule has 0 bridgehead atoms. The Bertz CT molecular complexity index is 940. The molecule has 2 heterocycles. The summed E-state index contributed by atoms with van der Waals surface area (Å²) in [6.07, 6.45) is 1.60. The number of rotatable bonds is 2. The molecule has 2 aromatic rings. The van der Waals surface area contributed by atoms with Gasteiger partial charge in [0, 0.05) is 18.4 Å². The third-order valence-electron chi connectivity index (χ3n) is 4.55. The Kier molecular flexibility index (Phi) is 4.30. The lowest BCUT2D eigenvalue weighted by molar-refractivity contribution is -0.122. The van der Waals surface area contributed by atoms with E-state index in [-0.39, 0.29) is 10.7 Å². The number of aromatic nitrogens is 1. The number of nitrogens with one attached hydrogen (secondary N) is 1. The zero-order valence-corrected chi connectivity index (χ0v) is 15.4. The summed E-state index contributed by atoms with van der Waals surface area (Å²) in [6.45, 7) is 5.93. The van der Waals surface area contributed by atoms with E-state index in [1.54, 1.807) is 6.08 Å². The van der Waals surface area contributed by atoms with E-state index >= 15 is 0 Å².